The summed E-state index contributed by atoms with van der Waals surface area (Å²) in [5.74, 6) is 0.0248. The van der Waals surface area contributed by atoms with E-state index < -0.39 is 0 Å². The molecule has 0 bridgehead atoms. The summed E-state index contributed by atoms with van der Waals surface area (Å²) in [4.78, 5) is 15.5. The first kappa shape index (κ1) is 12.6. The molecular weight excluding hydrogens is 202 g/mol. The van der Waals surface area contributed by atoms with Crippen LogP contribution in [0.4, 0.5) is 5.69 Å². The molecule has 0 aliphatic heterocycles. The molecule has 0 saturated carbocycles. The zero-order valence-corrected chi connectivity index (χ0v) is 9.86. The van der Waals surface area contributed by atoms with E-state index in [-0.39, 0.29) is 11.9 Å². The Labute approximate surface area is 96.3 Å². The maximum Gasteiger partial charge on any atom is 0.224 e. The van der Waals surface area contributed by atoms with Gasteiger partial charge in [0.05, 0.1) is 11.9 Å². The van der Waals surface area contributed by atoms with E-state index in [0.29, 0.717) is 6.42 Å². The van der Waals surface area contributed by atoms with Crippen LogP contribution in [0.15, 0.2) is 18.5 Å². The summed E-state index contributed by atoms with van der Waals surface area (Å²) in [6, 6.07) is 2.03. The van der Waals surface area contributed by atoms with E-state index in [1.807, 2.05) is 19.9 Å². The molecule has 4 nitrogen and oxygen atoms in total. The van der Waals surface area contributed by atoms with Crippen LogP contribution in [0.25, 0.3) is 0 Å². The molecule has 88 valence electrons. The Bertz CT molecular complexity index is 350. The highest BCUT2D eigenvalue weighted by Crippen LogP contribution is 2.12. The number of anilines is 1. The molecule has 0 aliphatic carbocycles. The Hall–Kier alpha value is -1.42. The van der Waals surface area contributed by atoms with Crippen molar-refractivity contribution in [3.63, 3.8) is 0 Å². The number of hydrogen-bond acceptors (Lipinski definition) is 3. The van der Waals surface area contributed by atoms with Gasteiger partial charge in [0.25, 0.3) is 0 Å². The molecule has 1 aromatic rings. The Balaban J connectivity index is 2.37. The Morgan fingerprint density at radius 3 is 3.00 bits per heavy atom. The average molecular weight is 221 g/mol. The van der Waals surface area contributed by atoms with Gasteiger partial charge in [-0.3, -0.25) is 9.78 Å². The Morgan fingerprint density at radius 1 is 1.62 bits per heavy atom. The molecular formula is C12H19N3O. The third kappa shape index (κ3) is 4.40. The molecule has 1 unspecified atom stereocenters. The number of amides is 1. The Morgan fingerprint density at radius 2 is 2.38 bits per heavy atom. The van der Waals surface area contributed by atoms with Gasteiger partial charge < -0.3 is 11.1 Å². The topological polar surface area (TPSA) is 68.0 Å². The molecule has 16 heavy (non-hydrogen) atoms. The number of pyridine rings is 1. The second kappa shape index (κ2) is 6.23. The predicted octanol–water partition coefficient (Wildman–Crippen LogP) is 1.85. The molecule has 1 atom stereocenters. The maximum absolute atomic E-state index is 11.6. The lowest BCUT2D eigenvalue weighted by Crippen LogP contribution is -2.17. The zero-order chi connectivity index (χ0) is 12.0. The molecule has 1 aromatic heterocycles. The molecule has 1 heterocycles. The van der Waals surface area contributed by atoms with Gasteiger partial charge in [-0.15, -0.1) is 0 Å². The van der Waals surface area contributed by atoms with E-state index >= 15 is 0 Å². The van der Waals surface area contributed by atoms with Crippen LogP contribution in [-0.2, 0) is 4.79 Å². The highest BCUT2D eigenvalue weighted by Gasteiger charge is 2.05. The van der Waals surface area contributed by atoms with Crippen molar-refractivity contribution in [2.75, 3.05) is 5.32 Å². The van der Waals surface area contributed by atoms with E-state index in [2.05, 4.69) is 10.3 Å². The summed E-state index contributed by atoms with van der Waals surface area (Å²) in [5.41, 5.74) is 7.42. The van der Waals surface area contributed by atoms with Gasteiger partial charge in [-0.25, -0.2) is 0 Å². The molecule has 1 amide bonds. The second-order valence-electron chi connectivity index (χ2n) is 4.11. The fourth-order valence-corrected chi connectivity index (χ4v) is 1.39. The van der Waals surface area contributed by atoms with Crippen molar-refractivity contribution in [2.45, 2.75) is 39.2 Å². The molecule has 0 fully saturated rings. The molecule has 3 N–H and O–H groups in total. The van der Waals surface area contributed by atoms with Gasteiger partial charge in [0, 0.05) is 18.7 Å². The zero-order valence-electron chi connectivity index (χ0n) is 9.86. The van der Waals surface area contributed by atoms with E-state index in [0.717, 1.165) is 24.1 Å². The summed E-state index contributed by atoms with van der Waals surface area (Å²) in [6.45, 7) is 3.89. The van der Waals surface area contributed by atoms with Gasteiger partial charge in [-0.1, -0.05) is 0 Å². The molecule has 0 saturated heterocycles. The van der Waals surface area contributed by atoms with Crippen molar-refractivity contribution >= 4 is 11.6 Å². The quantitative estimate of drug-likeness (QED) is 0.797. The van der Waals surface area contributed by atoms with Crippen LogP contribution in [0.3, 0.4) is 0 Å². The third-order valence-electron chi connectivity index (χ3n) is 2.38. The lowest BCUT2D eigenvalue weighted by Gasteiger charge is -2.08. The summed E-state index contributed by atoms with van der Waals surface area (Å²) in [7, 11) is 0. The van der Waals surface area contributed by atoms with E-state index in [4.69, 9.17) is 5.73 Å². The summed E-state index contributed by atoms with van der Waals surface area (Å²) in [6.07, 6.45) is 5.58. The molecule has 0 radical (unpaired) electrons. The minimum absolute atomic E-state index is 0.0248. The van der Waals surface area contributed by atoms with E-state index in [9.17, 15) is 4.79 Å². The van der Waals surface area contributed by atoms with Crippen LogP contribution in [-0.4, -0.2) is 16.9 Å². The highest BCUT2D eigenvalue weighted by molar-refractivity contribution is 5.91. The standard InChI is InChI=1S/C12H19N3O/c1-9-6-7-14-8-11(9)15-12(16)5-3-4-10(2)13/h6-8,10H,3-5,13H2,1-2H3,(H,15,16). The number of carbonyl (C=O) groups excluding carboxylic acids is 1. The molecule has 0 spiro atoms. The summed E-state index contributed by atoms with van der Waals surface area (Å²) >= 11 is 0. The van der Waals surface area contributed by atoms with Gasteiger partial charge >= 0.3 is 0 Å². The fourth-order valence-electron chi connectivity index (χ4n) is 1.39. The largest absolute Gasteiger partial charge is 0.328 e. The lowest BCUT2D eigenvalue weighted by molar-refractivity contribution is -0.116. The first-order chi connectivity index (χ1) is 7.59. The van der Waals surface area contributed by atoms with E-state index in [1.54, 1.807) is 12.4 Å². The molecule has 0 aromatic carbocycles. The van der Waals surface area contributed by atoms with Crippen LogP contribution in [0.1, 0.15) is 31.7 Å². The minimum Gasteiger partial charge on any atom is -0.328 e. The van der Waals surface area contributed by atoms with Crippen LogP contribution >= 0.6 is 0 Å². The SMILES string of the molecule is Cc1ccncc1NC(=O)CCCC(C)N. The van der Waals surface area contributed by atoms with Crippen LogP contribution in [0.5, 0.6) is 0 Å². The van der Waals surface area contributed by atoms with Crippen molar-refractivity contribution in [3.05, 3.63) is 24.0 Å². The number of aryl methyl sites for hydroxylation is 1. The fraction of sp³-hybridized carbons (Fsp3) is 0.500. The van der Waals surface area contributed by atoms with Gasteiger partial charge in [0.1, 0.15) is 0 Å². The number of aromatic nitrogens is 1. The van der Waals surface area contributed by atoms with Crippen molar-refractivity contribution in [3.8, 4) is 0 Å². The molecule has 1 rings (SSSR count). The first-order valence-electron chi connectivity index (χ1n) is 5.55. The van der Waals surface area contributed by atoms with Crippen molar-refractivity contribution < 1.29 is 4.79 Å². The first-order valence-corrected chi connectivity index (χ1v) is 5.55. The highest BCUT2D eigenvalue weighted by atomic mass is 16.1. The number of rotatable bonds is 5. The smallest absolute Gasteiger partial charge is 0.224 e. The van der Waals surface area contributed by atoms with E-state index in [1.165, 1.54) is 0 Å². The van der Waals surface area contributed by atoms with Gasteiger partial charge in [-0.2, -0.15) is 0 Å². The summed E-state index contributed by atoms with van der Waals surface area (Å²) in [5, 5.41) is 2.84. The molecule has 0 aliphatic rings. The maximum atomic E-state index is 11.6. The summed E-state index contributed by atoms with van der Waals surface area (Å²) < 4.78 is 0. The van der Waals surface area contributed by atoms with Crippen molar-refractivity contribution in [1.29, 1.82) is 0 Å². The van der Waals surface area contributed by atoms with Crippen molar-refractivity contribution in [2.24, 2.45) is 5.73 Å². The van der Waals surface area contributed by atoms with Gasteiger partial charge in [0.2, 0.25) is 5.91 Å². The predicted molar refractivity (Wildman–Crippen MR) is 65.1 cm³/mol. The Kier molecular flexibility index (Phi) is 4.92. The average Bonchev–Trinajstić information content (AvgIpc) is 2.21. The van der Waals surface area contributed by atoms with Crippen LogP contribution in [0.2, 0.25) is 0 Å². The monoisotopic (exact) mass is 221 g/mol. The lowest BCUT2D eigenvalue weighted by atomic mass is 10.1. The number of nitrogens with zero attached hydrogens (tertiary/aromatic N) is 1. The third-order valence-corrected chi connectivity index (χ3v) is 2.38. The second-order valence-corrected chi connectivity index (χ2v) is 4.11. The number of nitrogens with one attached hydrogen (secondary N) is 1. The molecule has 4 heteroatoms. The van der Waals surface area contributed by atoms with Crippen LogP contribution in [0, 0.1) is 6.92 Å². The number of hydrogen-bond donors (Lipinski definition) is 2. The number of carbonyl (C=O) groups is 1. The van der Waals surface area contributed by atoms with Crippen LogP contribution < -0.4 is 11.1 Å². The minimum atomic E-state index is 0.0248. The van der Waals surface area contributed by atoms with Gasteiger partial charge in [-0.05, 0) is 38.3 Å². The van der Waals surface area contributed by atoms with Gasteiger partial charge in [0.15, 0.2) is 0 Å². The number of nitrogens with two attached hydrogens (primary N) is 1. The normalized spacial score (nSPS) is 12.2. The van der Waals surface area contributed by atoms with Crippen molar-refractivity contribution in [1.82, 2.24) is 4.98 Å².